The fraction of sp³-hybridized carbons (Fsp3) is 0.118. The average molecular weight is 249 g/mol. The summed E-state index contributed by atoms with van der Waals surface area (Å²) in [7, 11) is 0. The first-order valence-electron chi connectivity index (χ1n) is 6.45. The number of allylic oxidation sites excluding steroid dienone is 1. The summed E-state index contributed by atoms with van der Waals surface area (Å²) in [6.07, 6.45) is 4.06. The highest BCUT2D eigenvalue weighted by Crippen LogP contribution is 2.32. The van der Waals surface area contributed by atoms with Gasteiger partial charge in [0.2, 0.25) is 0 Å². The maximum Gasteiger partial charge on any atom is 0.119 e. The molecule has 0 radical (unpaired) electrons. The minimum Gasteiger partial charge on any atom is -0.494 e. The Morgan fingerprint density at radius 2 is 1.84 bits per heavy atom. The van der Waals surface area contributed by atoms with E-state index in [0.29, 0.717) is 6.61 Å². The zero-order valence-electron chi connectivity index (χ0n) is 10.8. The number of rotatable bonds is 3. The number of aliphatic imine (C=N–C) groups is 1. The van der Waals surface area contributed by atoms with Crippen molar-refractivity contribution in [2.45, 2.75) is 6.92 Å². The summed E-state index contributed by atoms with van der Waals surface area (Å²) in [6, 6.07) is 16.3. The second-order valence-corrected chi connectivity index (χ2v) is 4.38. The van der Waals surface area contributed by atoms with E-state index in [2.05, 4.69) is 29.3 Å². The summed E-state index contributed by atoms with van der Waals surface area (Å²) >= 11 is 0. The summed E-state index contributed by atoms with van der Waals surface area (Å²) in [5.74, 6) is 0.908. The normalized spacial score (nSPS) is 14.7. The fourth-order valence-corrected chi connectivity index (χ4v) is 2.16. The lowest BCUT2D eigenvalue weighted by atomic mass is 10.0. The monoisotopic (exact) mass is 249 g/mol. The Labute approximate surface area is 113 Å². The minimum absolute atomic E-state index is 0.695. The number of nitrogens with zero attached hydrogens (tertiary/aromatic N) is 1. The Morgan fingerprint density at radius 1 is 1.05 bits per heavy atom. The number of para-hydroxylation sites is 1. The van der Waals surface area contributed by atoms with Crippen LogP contribution in [0.15, 0.2) is 53.5 Å². The molecular weight excluding hydrogens is 234 g/mol. The van der Waals surface area contributed by atoms with E-state index in [1.54, 1.807) is 0 Å². The molecule has 1 heterocycles. The fourth-order valence-electron chi connectivity index (χ4n) is 2.16. The number of ether oxygens (including phenoxy) is 1. The summed E-state index contributed by atoms with van der Waals surface area (Å²) in [4.78, 5) is 4.41. The third kappa shape index (κ3) is 2.43. The van der Waals surface area contributed by atoms with Gasteiger partial charge in [-0.3, -0.25) is 4.99 Å². The van der Waals surface area contributed by atoms with Crippen molar-refractivity contribution in [3.63, 3.8) is 0 Å². The van der Waals surface area contributed by atoms with Gasteiger partial charge in [-0.05, 0) is 36.8 Å². The van der Waals surface area contributed by atoms with Crippen LogP contribution in [-0.4, -0.2) is 12.8 Å². The van der Waals surface area contributed by atoms with Crippen molar-refractivity contribution < 1.29 is 4.74 Å². The van der Waals surface area contributed by atoms with Crippen LogP contribution in [-0.2, 0) is 0 Å². The maximum absolute atomic E-state index is 5.44. The Kier molecular flexibility index (Phi) is 3.15. The van der Waals surface area contributed by atoms with Gasteiger partial charge in [-0.1, -0.05) is 30.3 Å². The van der Waals surface area contributed by atoms with E-state index in [4.69, 9.17) is 4.74 Å². The molecule has 0 amide bonds. The number of benzene rings is 2. The number of hydrogen-bond donors (Lipinski definition) is 0. The molecule has 94 valence electrons. The molecular formula is C17H15NO. The van der Waals surface area contributed by atoms with Crippen LogP contribution in [0, 0.1) is 0 Å². The molecule has 0 aliphatic carbocycles. The summed E-state index contributed by atoms with van der Waals surface area (Å²) in [5.41, 5.74) is 4.54. The molecule has 2 heteroatoms. The number of hydrogen-bond acceptors (Lipinski definition) is 2. The molecule has 0 saturated heterocycles. The predicted molar refractivity (Wildman–Crippen MR) is 80.1 cm³/mol. The lowest BCUT2D eigenvalue weighted by Gasteiger charge is -2.03. The van der Waals surface area contributed by atoms with Gasteiger partial charge in [-0.2, -0.15) is 0 Å². The first-order valence-corrected chi connectivity index (χ1v) is 6.45. The lowest BCUT2D eigenvalue weighted by molar-refractivity contribution is 0.340. The molecule has 2 aromatic carbocycles. The molecule has 0 spiro atoms. The average Bonchev–Trinajstić information content (AvgIpc) is 2.85. The molecule has 0 saturated carbocycles. The highest BCUT2D eigenvalue weighted by molar-refractivity contribution is 6.21. The largest absolute Gasteiger partial charge is 0.494 e. The molecule has 1 aliphatic rings. The molecule has 2 nitrogen and oxygen atoms in total. The topological polar surface area (TPSA) is 21.6 Å². The zero-order valence-corrected chi connectivity index (χ0v) is 10.8. The van der Waals surface area contributed by atoms with Gasteiger partial charge in [0.1, 0.15) is 5.75 Å². The van der Waals surface area contributed by atoms with Crippen molar-refractivity contribution in [1.82, 2.24) is 0 Å². The van der Waals surface area contributed by atoms with Crippen LogP contribution >= 0.6 is 0 Å². The van der Waals surface area contributed by atoms with Gasteiger partial charge in [0.25, 0.3) is 0 Å². The third-order valence-electron chi connectivity index (χ3n) is 3.07. The molecule has 0 atom stereocenters. The number of fused-ring (bicyclic) bond motifs is 1. The van der Waals surface area contributed by atoms with Crippen LogP contribution < -0.4 is 4.74 Å². The van der Waals surface area contributed by atoms with E-state index in [1.165, 1.54) is 5.56 Å². The minimum atomic E-state index is 0.695. The Bertz CT molecular complexity index is 639. The second-order valence-electron chi connectivity index (χ2n) is 4.38. The second kappa shape index (κ2) is 5.11. The molecule has 1 aliphatic heterocycles. The van der Waals surface area contributed by atoms with Crippen molar-refractivity contribution in [1.29, 1.82) is 0 Å². The smallest absolute Gasteiger partial charge is 0.119 e. The van der Waals surface area contributed by atoms with E-state index >= 15 is 0 Å². The van der Waals surface area contributed by atoms with Gasteiger partial charge >= 0.3 is 0 Å². The van der Waals surface area contributed by atoms with Crippen molar-refractivity contribution >= 4 is 23.6 Å². The van der Waals surface area contributed by atoms with Crippen LogP contribution in [0.2, 0.25) is 0 Å². The standard InChI is InChI=1S/C17H15NO/c1-2-19-15-9-7-13(8-10-15)11-14-12-18-17-6-4-3-5-16(14)17/h3-12H,2H2,1H3/b14-11+. The SMILES string of the molecule is CCOc1ccc(/C=C2\C=Nc3ccccc32)cc1. The quantitative estimate of drug-likeness (QED) is 0.792. The van der Waals surface area contributed by atoms with Crippen LogP contribution in [0.1, 0.15) is 18.1 Å². The van der Waals surface area contributed by atoms with Gasteiger partial charge in [0, 0.05) is 17.4 Å². The Hall–Kier alpha value is -2.35. The van der Waals surface area contributed by atoms with Crippen molar-refractivity contribution in [3.05, 3.63) is 59.7 Å². The van der Waals surface area contributed by atoms with Crippen molar-refractivity contribution in [2.24, 2.45) is 4.99 Å². The highest BCUT2D eigenvalue weighted by atomic mass is 16.5. The first-order chi connectivity index (χ1) is 9.36. The predicted octanol–water partition coefficient (Wildman–Crippen LogP) is 4.34. The summed E-state index contributed by atoms with van der Waals surface area (Å²) in [5, 5.41) is 0. The highest BCUT2D eigenvalue weighted by Gasteiger charge is 2.10. The van der Waals surface area contributed by atoms with E-state index in [0.717, 1.165) is 22.6 Å². The van der Waals surface area contributed by atoms with Crippen LogP contribution in [0.3, 0.4) is 0 Å². The van der Waals surface area contributed by atoms with Crippen LogP contribution in [0.5, 0.6) is 5.75 Å². The Balaban J connectivity index is 1.89. The molecule has 0 unspecified atom stereocenters. The van der Waals surface area contributed by atoms with Crippen LogP contribution in [0.4, 0.5) is 5.69 Å². The van der Waals surface area contributed by atoms with Crippen molar-refractivity contribution in [3.8, 4) is 5.75 Å². The van der Waals surface area contributed by atoms with Crippen molar-refractivity contribution in [2.75, 3.05) is 6.61 Å². The van der Waals surface area contributed by atoms with Gasteiger partial charge in [-0.25, -0.2) is 0 Å². The van der Waals surface area contributed by atoms with E-state index in [1.807, 2.05) is 43.5 Å². The molecule has 3 rings (SSSR count). The van der Waals surface area contributed by atoms with E-state index in [-0.39, 0.29) is 0 Å². The maximum atomic E-state index is 5.44. The van der Waals surface area contributed by atoms with E-state index < -0.39 is 0 Å². The third-order valence-corrected chi connectivity index (χ3v) is 3.07. The van der Waals surface area contributed by atoms with Gasteiger partial charge in [-0.15, -0.1) is 0 Å². The van der Waals surface area contributed by atoms with Crippen LogP contribution in [0.25, 0.3) is 11.6 Å². The molecule has 0 aromatic heterocycles. The Morgan fingerprint density at radius 3 is 2.63 bits per heavy atom. The molecule has 2 aromatic rings. The molecule has 0 bridgehead atoms. The zero-order chi connectivity index (χ0) is 13.1. The molecule has 0 N–H and O–H groups in total. The lowest BCUT2D eigenvalue weighted by Crippen LogP contribution is -1.90. The summed E-state index contributed by atoms with van der Waals surface area (Å²) in [6.45, 7) is 2.68. The molecule has 19 heavy (non-hydrogen) atoms. The first kappa shape index (κ1) is 11.7. The summed E-state index contributed by atoms with van der Waals surface area (Å²) < 4.78 is 5.44. The van der Waals surface area contributed by atoms with E-state index in [9.17, 15) is 0 Å². The van der Waals surface area contributed by atoms with Gasteiger partial charge in [0.05, 0.1) is 12.3 Å². The van der Waals surface area contributed by atoms with Gasteiger partial charge < -0.3 is 4.74 Å². The van der Waals surface area contributed by atoms with Gasteiger partial charge in [0.15, 0.2) is 0 Å². The molecule has 0 fully saturated rings.